The summed E-state index contributed by atoms with van der Waals surface area (Å²) in [5.41, 5.74) is 3.15. The number of benzene rings is 3. The van der Waals surface area contributed by atoms with Gasteiger partial charge in [0, 0.05) is 0 Å². The maximum Gasteiger partial charge on any atom is 0.269 e. The molecule has 0 spiro atoms. The van der Waals surface area contributed by atoms with Gasteiger partial charge in [0.1, 0.15) is 17.1 Å². The third-order valence-corrected chi connectivity index (χ3v) is 6.29. The van der Waals surface area contributed by atoms with Crippen molar-refractivity contribution in [3.63, 3.8) is 0 Å². The van der Waals surface area contributed by atoms with Crippen LogP contribution in [0.15, 0.2) is 90.5 Å². The van der Waals surface area contributed by atoms with Gasteiger partial charge in [0.25, 0.3) is 11.8 Å². The van der Waals surface area contributed by atoms with Crippen LogP contribution in [-0.2, 0) is 21.4 Å². The van der Waals surface area contributed by atoms with Crippen LogP contribution in [0.25, 0.3) is 0 Å². The summed E-state index contributed by atoms with van der Waals surface area (Å²) in [4.78, 5) is 27.3. The van der Waals surface area contributed by atoms with Gasteiger partial charge < -0.3 is 4.74 Å². The van der Waals surface area contributed by atoms with E-state index in [1.807, 2.05) is 37.3 Å². The molecule has 1 N–H and O–H groups in total. The summed E-state index contributed by atoms with van der Waals surface area (Å²) in [6, 6.07) is 25.0. The summed E-state index contributed by atoms with van der Waals surface area (Å²) in [7, 11) is 0. The first-order chi connectivity index (χ1) is 17.1. The van der Waals surface area contributed by atoms with Gasteiger partial charge in [-0.15, -0.1) is 0 Å². The third kappa shape index (κ3) is 5.89. The summed E-state index contributed by atoms with van der Waals surface area (Å²) in [5.74, 6) is 0.418. The van der Waals surface area contributed by atoms with Gasteiger partial charge in [-0.3, -0.25) is 19.8 Å². The van der Waals surface area contributed by atoms with Gasteiger partial charge >= 0.3 is 0 Å². The number of carbonyl (C=O) groups is 2. The zero-order valence-electron chi connectivity index (χ0n) is 20.9. The highest BCUT2D eigenvalue weighted by molar-refractivity contribution is 7.80. The maximum absolute atomic E-state index is 13.3. The maximum atomic E-state index is 13.3. The Balaban J connectivity index is 1.49. The van der Waals surface area contributed by atoms with Crippen LogP contribution >= 0.6 is 12.2 Å². The van der Waals surface area contributed by atoms with E-state index in [4.69, 9.17) is 17.0 Å². The molecular formula is C30H30N2O3S. The van der Waals surface area contributed by atoms with Gasteiger partial charge in [0.15, 0.2) is 5.11 Å². The predicted octanol–water partition coefficient (Wildman–Crippen LogP) is 6.33. The van der Waals surface area contributed by atoms with Crippen molar-refractivity contribution in [3.8, 4) is 11.5 Å². The van der Waals surface area contributed by atoms with E-state index in [0.717, 1.165) is 5.56 Å². The fourth-order valence-electron chi connectivity index (χ4n) is 4.06. The van der Waals surface area contributed by atoms with Crippen molar-refractivity contribution in [1.82, 2.24) is 5.32 Å². The molecule has 1 aliphatic heterocycles. The summed E-state index contributed by atoms with van der Waals surface area (Å²) < 4.78 is 5.83. The number of nitrogens with one attached hydrogen (secondary N) is 1. The largest absolute Gasteiger partial charge is 0.457 e. The molecule has 5 nitrogen and oxygen atoms in total. The van der Waals surface area contributed by atoms with Crippen LogP contribution in [0.2, 0.25) is 0 Å². The molecule has 1 aliphatic rings. The molecule has 0 aromatic heterocycles. The molecule has 6 heteroatoms. The van der Waals surface area contributed by atoms with Crippen LogP contribution in [0, 0.1) is 5.92 Å². The Morgan fingerprint density at radius 3 is 2.14 bits per heavy atom. The first-order valence-corrected chi connectivity index (χ1v) is 12.4. The molecule has 1 atom stereocenters. The average Bonchev–Trinajstić information content (AvgIpc) is 2.83. The van der Waals surface area contributed by atoms with Crippen molar-refractivity contribution in [2.24, 2.45) is 5.92 Å². The Morgan fingerprint density at radius 2 is 1.53 bits per heavy atom. The molecule has 1 saturated heterocycles. The molecule has 1 heterocycles. The molecule has 1 fully saturated rings. The number of anilines is 1. The lowest BCUT2D eigenvalue weighted by molar-refractivity contribution is -0.122. The number of ether oxygens (including phenoxy) is 1. The molecule has 2 amide bonds. The molecule has 4 rings (SSSR count). The number of carbonyl (C=O) groups excluding carboxylic acids is 2. The Kier molecular flexibility index (Phi) is 7.36. The van der Waals surface area contributed by atoms with Crippen molar-refractivity contribution in [2.45, 2.75) is 39.5 Å². The topological polar surface area (TPSA) is 58.6 Å². The lowest BCUT2D eigenvalue weighted by atomic mass is 9.86. The van der Waals surface area contributed by atoms with Crippen LogP contribution in [0.5, 0.6) is 11.5 Å². The third-order valence-electron chi connectivity index (χ3n) is 6.00. The number of nitrogens with zero attached hydrogens (tertiary/aromatic N) is 1. The van der Waals surface area contributed by atoms with Crippen molar-refractivity contribution in [2.75, 3.05) is 4.90 Å². The lowest BCUT2D eigenvalue weighted by Crippen LogP contribution is -2.54. The van der Waals surface area contributed by atoms with Gasteiger partial charge in [-0.1, -0.05) is 76.2 Å². The van der Waals surface area contributed by atoms with Gasteiger partial charge in [0.2, 0.25) is 0 Å². The van der Waals surface area contributed by atoms with E-state index in [1.165, 1.54) is 10.5 Å². The number of allylic oxidation sites excluding steroid dienone is 1. The molecule has 0 radical (unpaired) electrons. The number of thiocarbonyl (C=S) groups is 1. The Labute approximate surface area is 217 Å². The van der Waals surface area contributed by atoms with E-state index in [0.29, 0.717) is 23.6 Å². The van der Waals surface area contributed by atoms with Crippen LogP contribution < -0.4 is 15.0 Å². The summed E-state index contributed by atoms with van der Waals surface area (Å²) in [6.07, 6.45) is 2.45. The van der Waals surface area contributed by atoms with Crippen LogP contribution in [0.1, 0.15) is 38.8 Å². The lowest BCUT2D eigenvalue weighted by Gasteiger charge is -2.29. The second-order valence-corrected chi connectivity index (χ2v) is 10.4. The SMILES string of the molecule is CC(/C=C1\C(=O)NC(=S)N(c2ccc(Oc3ccccc3)cc2)C1=O)Cc1ccc(C(C)(C)C)cc1. The minimum Gasteiger partial charge on any atom is -0.457 e. The highest BCUT2D eigenvalue weighted by atomic mass is 32.1. The number of rotatable bonds is 6. The zero-order chi connectivity index (χ0) is 25.9. The quantitative estimate of drug-likeness (QED) is 0.245. The minimum atomic E-state index is -0.472. The molecule has 1 unspecified atom stereocenters. The van der Waals surface area contributed by atoms with Crippen molar-refractivity contribution < 1.29 is 14.3 Å². The highest BCUT2D eigenvalue weighted by Crippen LogP contribution is 2.27. The van der Waals surface area contributed by atoms with Crippen molar-refractivity contribution in [3.05, 3.63) is 102 Å². The van der Waals surface area contributed by atoms with E-state index in [1.54, 1.807) is 30.3 Å². The van der Waals surface area contributed by atoms with Crippen LogP contribution in [0.4, 0.5) is 5.69 Å². The molecule has 0 bridgehead atoms. The Morgan fingerprint density at radius 1 is 0.917 bits per heavy atom. The monoisotopic (exact) mass is 498 g/mol. The van der Waals surface area contributed by atoms with Crippen LogP contribution in [0.3, 0.4) is 0 Å². The number of amides is 2. The van der Waals surface area contributed by atoms with Crippen LogP contribution in [-0.4, -0.2) is 16.9 Å². The number of hydrogen-bond donors (Lipinski definition) is 1. The highest BCUT2D eigenvalue weighted by Gasteiger charge is 2.34. The molecule has 36 heavy (non-hydrogen) atoms. The summed E-state index contributed by atoms with van der Waals surface area (Å²) in [6.45, 7) is 8.55. The van der Waals surface area contributed by atoms with Crippen molar-refractivity contribution in [1.29, 1.82) is 0 Å². The van der Waals surface area contributed by atoms with E-state index in [-0.39, 0.29) is 22.0 Å². The number of hydrogen-bond acceptors (Lipinski definition) is 4. The standard InChI is InChI=1S/C30H30N2O3S/c1-20(18-21-10-12-22(13-11-21)30(2,3)4)19-26-27(33)31-29(36)32(28(26)34)23-14-16-25(17-15-23)35-24-8-6-5-7-9-24/h5-17,19-20H,18H2,1-4H3,(H,31,33,36)/b26-19+. The molecule has 0 aliphatic carbocycles. The molecule has 0 saturated carbocycles. The van der Waals surface area contributed by atoms with Gasteiger partial charge in [-0.2, -0.15) is 0 Å². The summed E-state index contributed by atoms with van der Waals surface area (Å²) >= 11 is 5.33. The summed E-state index contributed by atoms with van der Waals surface area (Å²) in [5, 5.41) is 2.71. The van der Waals surface area contributed by atoms with E-state index in [9.17, 15) is 9.59 Å². The predicted molar refractivity (Wildman–Crippen MR) is 147 cm³/mol. The molecule has 3 aromatic carbocycles. The van der Waals surface area contributed by atoms with Crippen molar-refractivity contribution >= 4 is 34.8 Å². The fraction of sp³-hybridized carbons (Fsp3) is 0.233. The Hall–Kier alpha value is -3.77. The first-order valence-electron chi connectivity index (χ1n) is 12.0. The van der Waals surface area contributed by atoms with Gasteiger partial charge in [0.05, 0.1) is 5.69 Å². The second kappa shape index (κ2) is 10.5. The molecule has 184 valence electrons. The molecular weight excluding hydrogens is 468 g/mol. The fourth-order valence-corrected chi connectivity index (χ4v) is 4.34. The van der Waals surface area contributed by atoms with E-state index in [2.05, 4.69) is 50.4 Å². The second-order valence-electron chi connectivity index (χ2n) is 10.0. The van der Waals surface area contributed by atoms with E-state index < -0.39 is 11.8 Å². The first kappa shape index (κ1) is 25.3. The average molecular weight is 499 g/mol. The molecule has 3 aromatic rings. The number of para-hydroxylation sites is 1. The smallest absolute Gasteiger partial charge is 0.269 e. The minimum absolute atomic E-state index is 0.0228. The van der Waals surface area contributed by atoms with Gasteiger partial charge in [-0.05, 0) is 77.5 Å². The Bertz CT molecular complexity index is 1290. The normalized spacial score (nSPS) is 16.2. The van der Waals surface area contributed by atoms with E-state index >= 15 is 0 Å². The zero-order valence-corrected chi connectivity index (χ0v) is 21.8. The van der Waals surface area contributed by atoms with Gasteiger partial charge in [-0.25, -0.2) is 0 Å².